The van der Waals surface area contributed by atoms with Gasteiger partial charge in [0.1, 0.15) is 0 Å². The van der Waals surface area contributed by atoms with Crippen LogP contribution in [0.2, 0.25) is 0 Å². The third kappa shape index (κ3) is 2.17. The fourth-order valence-electron chi connectivity index (χ4n) is 0.906. The summed E-state index contributed by atoms with van der Waals surface area (Å²) in [4.78, 5) is 11.1. The Hall–Kier alpha value is -1.16. The zero-order chi connectivity index (χ0) is 9.14. The second kappa shape index (κ2) is 3.49. The fraction of sp³-hybridized carbons (Fsp3) is 0.125. The van der Waals surface area contributed by atoms with E-state index >= 15 is 0 Å². The van der Waals surface area contributed by atoms with Crippen LogP contribution in [0.15, 0.2) is 23.1 Å². The number of nitrogens with two attached hydrogens (primary N) is 1. The van der Waals surface area contributed by atoms with Gasteiger partial charge in [-0.2, -0.15) is 0 Å². The van der Waals surface area contributed by atoms with Crippen molar-refractivity contribution < 1.29 is 9.90 Å². The molecular formula is C8H9NO2S. The Morgan fingerprint density at radius 3 is 2.75 bits per heavy atom. The van der Waals surface area contributed by atoms with E-state index < -0.39 is 5.97 Å². The Kier molecular flexibility index (Phi) is 2.60. The number of carbonyl (C=O) groups is 1. The molecule has 0 amide bonds. The number of rotatable bonds is 2. The number of carboxylic acids is 1. The van der Waals surface area contributed by atoms with Crippen LogP contribution in [0.1, 0.15) is 5.56 Å². The fourth-order valence-corrected chi connectivity index (χ4v) is 1.12. The Morgan fingerprint density at radius 1 is 1.58 bits per heavy atom. The van der Waals surface area contributed by atoms with Gasteiger partial charge >= 0.3 is 5.97 Å². The monoisotopic (exact) mass is 183 g/mol. The smallest absolute Gasteiger partial charge is 0.307 e. The number of aliphatic carboxylic acids is 1. The molecule has 1 aromatic carbocycles. The molecule has 0 atom stereocenters. The zero-order valence-corrected chi connectivity index (χ0v) is 7.21. The van der Waals surface area contributed by atoms with E-state index in [0.717, 1.165) is 4.90 Å². The molecule has 0 bridgehead atoms. The summed E-state index contributed by atoms with van der Waals surface area (Å²) in [6.07, 6.45) is -0.0418. The Balaban J connectivity index is 2.93. The molecule has 12 heavy (non-hydrogen) atoms. The standard InChI is InChI=1S/C8H9NO2S/c9-7-4-6(12)2-1-5(7)3-8(10)11/h1-2,4,12H,3,9H2,(H,10,11). The van der Waals surface area contributed by atoms with Gasteiger partial charge in [0.05, 0.1) is 6.42 Å². The summed E-state index contributed by atoms with van der Waals surface area (Å²) in [6, 6.07) is 5.03. The van der Waals surface area contributed by atoms with Gasteiger partial charge in [0.15, 0.2) is 0 Å². The van der Waals surface area contributed by atoms with E-state index in [4.69, 9.17) is 10.8 Å². The second-order valence-corrected chi connectivity index (χ2v) is 2.97. The molecule has 0 saturated carbocycles. The summed E-state index contributed by atoms with van der Waals surface area (Å²) in [7, 11) is 0. The quantitative estimate of drug-likeness (QED) is 0.476. The van der Waals surface area contributed by atoms with Crippen molar-refractivity contribution in [1.29, 1.82) is 0 Å². The molecule has 4 heteroatoms. The molecule has 3 N–H and O–H groups in total. The van der Waals surface area contributed by atoms with Gasteiger partial charge in [-0.1, -0.05) is 6.07 Å². The first-order chi connectivity index (χ1) is 5.59. The van der Waals surface area contributed by atoms with Crippen LogP contribution in [0.25, 0.3) is 0 Å². The highest BCUT2D eigenvalue weighted by molar-refractivity contribution is 7.80. The van der Waals surface area contributed by atoms with Crippen molar-refractivity contribution in [3.8, 4) is 0 Å². The average Bonchev–Trinajstić information content (AvgIpc) is 1.94. The highest BCUT2D eigenvalue weighted by atomic mass is 32.1. The minimum absolute atomic E-state index is 0.0418. The van der Waals surface area contributed by atoms with Crippen molar-refractivity contribution in [2.45, 2.75) is 11.3 Å². The zero-order valence-electron chi connectivity index (χ0n) is 6.32. The summed E-state index contributed by atoms with van der Waals surface area (Å²) in [5.41, 5.74) is 6.66. The molecule has 0 aliphatic carbocycles. The van der Waals surface area contributed by atoms with Crippen LogP contribution < -0.4 is 5.73 Å². The Labute approximate surface area is 75.6 Å². The maximum atomic E-state index is 10.3. The maximum absolute atomic E-state index is 10.3. The van der Waals surface area contributed by atoms with E-state index in [1.54, 1.807) is 18.2 Å². The van der Waals surface area contributed by atoms with Crippen LogP contribution in [0, 0.1) is 0 Å². The summed E-state index contributed by atoms with van der Waals surface area (Å²) in [5, 5.41) is 8.49. The summed E-state index contributed by atoms with van der Waals surface area (Å²) in [6.45, 7) is 0. The molecule has 0 radical (unpaired) electrons. The number of thiol groups is 1. The molecule has 3 nitrogen and oxygen atoms in total. The van der Waals surface area contributed by atoms with E-state index in [2.05, 4.69) is 12.6 Å². The summed E-state index contributed by atoms with van der Waals surface area (Å²) >= 11 is 4.06. The number of nitrogen functional groups attached to an aromatic ring is 1. The third-order valence-electron chi connectivity index (χ3n) is 1.47. The number of anilines is 1. The topological polar surface area (TPSA) is 63.3 Å². The van der Waals surface area contributed by atoms with Crippen molar-refractivity contribution in [3.63, 3.8) is 0 Å². The molecule has 0 unspecified atom stereocenters. The Bertz CT molecular complexity index is 312. The lowest BCUT2D eigenvalue weighted by Gasteiger charge is -2.02. The van der Waals surface area contributed by atoms with Crippen LogP contribution in [0.3, 0.4) is 0 Å². The van der Waals surface area contributed by atoms with Crippen molar-refractivity contribution in [2.75, 3.05) is 5.73 Å². The highest BCUT2D eigenvalue weighted by Crippen LogP contribution is 2.16. The average molecular weight is 183 g/mol. The van der Waals surface area contributed by atoms with Gasteiger partial charge in [0.25, 0.3) is 0 Å². The first kappa shape index (κ1) is 8.93. The van der Waals surface area contributed by atoms with Gasteiger partial charge < -0.3 is 10.8 Å². The third-order valence-corrected chi connectivity index (χ3v) is 1.75. The first-order valence-corrected chi connectivity index (χ1v) is 3.83. The first-order valence-electron chi connectivity index (χ1n) is 3.39. The second-order valence-electron chi connectivity index (χ2n) is 2.45. The van der Waals surface area contributed by atoms with Gasteiger partial charge in [-0.3, -0.25) is 4.79 Å². The van der Waals surface area contributed by atoms with Crippen LogP contribution in [0.4, 0.5) is 5.69 Å². The molecule has 1 aromatic rings. The van der Waals surface area contributed by atoms with Crippen molar-refractivity contribution in [2.24, 2.45) is 0 Å². The van der Waals surface area contributed by atoms with Gasteiger partial charge in [-0.25, -0.2) is 0 Å². The molecule has 0 aromatic heterocycles. The summed E-state index contributed by atoms with van der Waals surface area (Å²) < 4.78 is 0. The molecule has 64 valence electrons. The Morgan fingerprint density at radius 2 is 2.25 bits per heavy atom. The van der Waals surface area contributed by atoms with Crippen LogP contribution in [-0.4, -0.2) is 11.1 Å². The number of hydrogen-bond donors (Lipinski definition) is 3. The largest absolute Gasteiger partial charge is 0.481 e. The van der Waals surface area contributed by atoms with E-state index in [0.29, 0.717) is 11.3 Å². The molecular weight excluding hydrogens is 174 g/mol. The normalized spacial score (nSPS) is 9.75. The van der Waals surface area contributed by atoms with E-state index in [9.17, 15) is 4.79 Å². The predicted octanol–water partition coefficient (Wildman–Crippen LogP) is 1.18. The van der Waals surface area contributed by atoms with Gasteiger partial charge in [0, 0.05) is 10.6 Å². The molecule has 0 fully saturated rings. The predicted molar refractivity (Wildman–Crippen MR) is 49.4 cm³/mol. The van der Waals surface area contributed by atoms with Crippen LogP contribution in [-0.2, 0) is 11.2 Å². The van der Waals surface area contributed by atoms with Crippen molar-refractivity contribution >= 4 is 24.3 Å². The minimum Gasteiger partial charge on any atom is -0.481 e. The molecule has 0 aliphatic rings. The van der Waals surface area contributed by atoms with Crippen LogP contribution in [0.5, 0.6) is 0 Å². The SMILES string of the molecule is Nc1cc(S)ccc1CC(=O)O. The lowest BCUT2D eigenvalue weighted by Crippen LogP contribution is -2.03. The van der Waals surface area contributed by atoms with Gasteiger partial charge in [-0.05, 0) is 17.7 Å². The van der Waals surface area contributed by atoms with Gasteiger partial charge in [0.2, 0.25) is 0 Å². The van der Waals surface area contributed by atoms with Crippen molar-refractivity contribution in [3.05, 3.63) is 23.8 Å². The maximum Gasteiger partial charge on any atom is 0.307 e. The summed E-state index contributed by atoms with van der Waals surface area (Å²) in [5.74, 6) is -0.881. The minimum atomic E-state index is -0.881. The molecule has 0 saturated heterocycles. The highest BCUT2D eigenvalue weighted by Gasteiger charge is 2.03. The molecule has 0 spiro atoms. The van der Waals surface area contributed by atoms with Crippen LogP contribution >= 0.6 is 12.6 Å². The van der Waals surface area contributed by atoms with E-state index in [1.165, 1.54) is 0 Å². The molecule has 0 aliphatic heterocycles. The number of benzene rings is 1. The lowest BCUT2D eigenvalue weighted by molar-refractivity contribution is -0.136. The van der Waals surface area contributed by atoms with Crippen molar-refractivity contribution in [1.82, 2.24) is 0 Å². The number of carboxylic acid groups (broad SMARTS) is 1. The lowest BCUT2D eigenvalue weighted by atomic mass is 10.1. The number of hydrogen-bond acceptors (Lipinski definition) is 3. The molecule has 1 rings (SSSR count). The van der Waals surface area contributed by atoms with Gasteiger partial charge in [-0.15, -0.1) is 12.6 Å². The van der Waals surface area contributed by atoms with E-state index in [1.807, 2.05) is 0 Å². The van der Waals surface area contributed by atoms with E-state index in [-0.39, 0.29) is 6.42 Å². The molecule has 0 heterocycles.